The van der Waals surface area contributed by atoms with Gasteiger partial charge >= 0.3 is 0 Å². The Hall–Kier alpha value is -6.33. The minimum absolute atomic E-state index is 0.677. The zero-order valence-electron chi connectivity index (χ0n) is 25.7. The number of pyridine rings is 1. The third-order valence-electron chi connectivity index (χ3n) is 9.17. The molecule has 0 fully saturated rings. The number of rotatable bonds is 6. The predicted octanol–water partition coefficient (Wildman–Crippen LogP) is 10.2. The van der Waals surface area contributed by atoms with E-state index in [1.54, 1.807) is 0 Å². The molecule has 0 unspecified atom stereocenters. The zero-order valence-corrected chi connectivity index (χ0v) is 25.7. The number of fused-ring (bicyclic) bond motifs is 7. The van der Waals surface area contributed by atoms with Gasteiger partial charge in [0, 0.05) is 51.3 Å². The van der Waals surface area contributed by atoms with Crippen LogP contribution in [0.3, 0.4) is 0 Å². The molecule has 2 N–H and O–H groups in total. The minimum Gasteiger partial charge on any atom is -0.397 e. The van der Waals surface area contributed by atoms with Crippen LogP contribution in [0.15, 0.2) is 164 Å². The number of nitrogens with two attached hydrogens (primary N) is 1. The Morgan fingerprint density at radius 3 is 1.91 bits per heavy atom. The summed E-state index contributed by atoms with van der Waals surface area (Å²) in [6.45, 7) is 0.677. The fourth-order valence-corrected chi connectivity index (χ4v) is 7.06. The minimum atomic E-state index is 0.677. The molecular weight excluding hydrogens is 574 g/mol. The van der Waals surface area contributed by atoms with E-state index in [1.807, 2.05) is 36.5 Å². The van der Waals surface area contributed by atoms with E-state index < -0.39 is 0 Å². The molecule has 0 spiro atoms. The van der Waals surface area contributed by atoms with Crippen molar-refractivity contribution in [1.82, 2.24) is 14.1 Å². The molecule has 47 heavy (non-hydrogen) atoms. The highest BCUT2D eigenvalue weighted by Gasteiger charge is 2.21. The normalized spacial score (nSPS) is 11.6. The molecule has 0 aliphatic heterocycles. The fourth-order valence-electron chi connectivity index (χ4n) is 7.06. The molecule has 6 aromatic carbocycles. The smallest absolute Gasteiger partial charge is 0.145 e. The molecular formula is C42H31N5. The Balaban J connectivity index is 1.25. The number of nitrogens with zero attached hydrogens (tertiary/aromatic N) is 4. The lowest BCUT2D eigenvalue weighted by Gasteiger charge is -2.26. The van der Waals surface area contributed by atoms with Crippen LogP contribution < -0.4 is 10.6 Å². The van der Waals surface area contributed by atoms with Crippen LogP contribution in [-0.2, 0) is 6.54 Å². The van der Waals surface area contributed by atoms with Gasteiger partial charge in [0.25, 0.3) is 0 Å². The van der Waals surface area contributed by atoms with Crippen LogP contribution >= 0.6 is 0 Å². The van der Waals surface area contributed by atoms with Crippen molar-refractivity contribution in [3.05, 3.63) is 169 Å². The maximum atomic E-state index is 6.48. The van der Waals surface area contributed by atoms with E-state index in [1.165, 1.54) is 32.8 Å². The van der Waals surface area contributed by atoms with E-state index in [4.69, 9.17) is 10.7 Å². The number of nitrogen functional groups attached to an aromatic ring is 1. The number of para-hydroxylation sites is 5. The van der Waals surface area contributed by atoms with Gasteiger partial charge in [0.1, 0.15) is 5.65 Å². The Bertz CT molecular complexity index is 2550. The molecule has 0 aliphatic rings. The second kappa shape index (κ2) is 10.9. The first-order valence-corrected chi connectivity index (χ1v) is 15.9. The number of hydrogen-bond donors (Lipinski definition) is 1. The lowest BCUT2D eigenvalue weighted by Crippen LogP contribution is -2.17. The van der Waals surface area contributed by atoms with Crippen LogP contribution in [-0.4, -0.2) is 14.1 Å². The van der Waals surface area contributed by atoms with Gasteiger partial charge in [-0.05, 0) is 72.3 Å². The van der Waals surface area contributed by atoms with Gasteiger partial charge in [-0.1, -0.05) is 91.0 Å². The quantitative estimate of drug-likeness (QED) is 0.192. The molecule has 0 radical (unpaired) electrons. The zero-order chi connectivity index (χ0) is 31.3. The second-order valence-electron chi connectivity index (χ2n) is 11.9. The van der Waals surface area contributed by atoms with Crippen LogP contribution in [0.4, 0.5) is 17.1 Å². The largest absolute Gasteiger partial charge is 0.397 e. The molecule has 3 heterocycles. The molecule has 224 valence electrons. The van der Waals surface area contributed by atoms with Gasteiger partial charge in [-0.25, -0.2) is 4.98 Å². The predicted molar refractivity (Wildman–Crippen MR) is 196 cm³/mol. The van der Waals surface area contributed by atoms with E-state index in [2.05, 4.69) is 141 Å². The Morgan fingerprint density at radius 2 is 1.13 bits per heavy atom. The molecule has 3 aromatic heterocycles. The molecule has 0 amide bonds. The molecule has 5 nitrogen and oxygen atoms in total. The van der Waals surface area contributed by atoms with Crippen LogP contribution in [0.5, 0.6) is 0 Å². The summed E-state index contributed by atoms with van der Waals surface area (Å²) in [6, 6.07) is 55.4. The third kappa shape index (κ3) is 4.36. The second-order valence-corrected chi connectivity index (χ2v) is 11.9. The Labute approximate surface area is 272 Å². The summed E-state index contributed by atoms with van der Waals surface area (Å²) in [6.07, 6.45) is 1.89. The molecule has 9 rings (SSSR count). The average molecular weight is 606 g/mol. The van der Waals surface area contributed by atoms with Gasteiger partial charge in [-0.3, -0.25) is 4.57 Å². The van der Waals surface area contributed by atoms with Crippen molar-refractivity contribution in [2.45, 2.75) is 6.54 Å². The van der Waals surface area contributed by atoms with Crippen molar-refractivity contribution in [3.63, 3.8) is 0 Å². The standard InChI is InChI=1S/C42H31N5/c43-37-18-8-10-20-39(37)45(30-12-3-1-4-13-30)28-29-21-23-32(24-22-29)47-41-35(36-17-11-27-44-42(36)47)26-25-34-33-16-7-9-19-38(33)46(40(34)41)31-14-5-2-6-15-31/h1-27H,28,43H2. The van der Waals surface area contributed by atoms with Crippen molar-refractivity contribution >= 4 is 60.8 Å². The van der Waals surface area contributed by atoms with E-state index in [-0.39, 0.29) is 0 Å². The average Bonchev–Trinajstić information content (AvgIpc) is 3.65. The molecule has 0 aliphatic carbocycles. The molecule has 0 saturated carbocycles. The monoisotopic (exact) mass is 605 g/mol. The van der Waals surface area contributed by atoms with Gasteiger partial charge in [0.15, 0.2) is 0 Å². The van der Waals surface area contributed by atoms with Crippen molar-refractivity contribution in [2.24, 2.45) is 0 Å². The van der Waals surface area contributed by atoms with Crippen molar-refractivity contribution in [3.8, 4) is 11.4 Å². The van der Waals surface area contributed by atoms with Crippen LogP contribution in [0.2, 0.25) is 0 Å². The van der Waals surface area contributed by atoms with E-state index in [0.717, 1.165) is 45.0 Å². The van der Waals surface area contributed by atoms with Gasteiger partial charge in [-0.2, -0.15) is 0 Å². The van der Waals surface area contributed by atoms with Crippen molar-refractivity contribution in [1.29, 1.82) is 0 Å². The van der Waals surface area contributed by atoms with Crippen molar-refractivity contribution in [2.75, 3.05) is 10.6 Å². The Morgan fingerprint density at radius 1 is 0.511 bits per heavy atom. The Kier molecular flexibility index (Phi) is 6.28. The number of benzene rings is 6. The van der Waals surface area contributed by atoms with Crippen LogP contribution in [0.25, 0.3) is 55.1 Å². The lowest BCUT2D eigenvalue weighted by molar-refractivity contribution is 0.974. The van der Waals surface area contributed by atoms with Gasteiger partial charge in [0.2, 0.25) is 0 Å². The van der Waals surface area contributed by atoms with Crippen molar-refractivity contribution < 1.29 is 0 Å². The van der Waals surface area contributed by atoms with E-state index in [0.29, 0.717) is 6.54 Å². The van der Waals surface area contributed by atoms with Gasteiger partial charge < -0.3 is 15.2 Å². The highest BCUT2D eigenvalue weighted by Crippen LogP contribution is 2.41. The topological polar surface area (TPSA) is 52.0 Å². The maximum absolute atomic E-state index is 6.48. The first-order valence-electron chi connectivity index (χ1n) is 15.9. The van der Waals surface area contributed by atoms with Crippen LogP contribution in [0, 0.1) is 0 Å². The van der Waals surface area contributed by atoms with Gasteiger partial charge in [-0.15, -0.1) is 0 Å². The van der Waals surface area contributed by atoms with Crippen LogP contribution in [0.1, 0.15) is 5.56 Å². The summed E-state index contributed by atoms with van der Waals surface area (Å²) in [5.74, 6) is 0. The van der Waals surface area contributed by atoms with Gasteiger partial charge in [0.05, 0.1) is 27.9 Å². The molecule has 0 bridgehead atoms. The summed E-state index contributed by atoms with van der Waals surface area (Å²) >= 11 is 0. The van der Waals surface area contributed by atoms with E-state index in [9.17, 15) is 0 Å². The molecule has 0 atom stereocenters. The number of anilines is 3. The number of aromatic nitrogens is 3. The summed E-state index contributed by atoms with van der Waals surface area (Å²) in [5, 5.41) is 4.76. The lowest BCUT2D eigenvalue weighted by atomic mass is 10.1. The summed E-state index contributed by atoms with van der Waals surface area (Å²) in [5.41, 5.74) is 17.1. The highest BCUT2D eigenvalue weighted by molar-refractivity contribution is 6.23. The highest BCUT2D eigenvalue weighted by atomic mass is 15.1. The first-order chi connectivity index (χ1) is 23.3. The molecule has 9 aromatic rings. The summed E-state index contributed by atoms with van der Waals surface area (Å²) < 4.78 is 4.73. The van der Waals surface area contributed by atoms with E-state index >= 15 is 0 Å². The SMILES string of the molecule is Nc1ccccc1N(Cc1ccc(-n2c3ncccc3c3ccc4c5ccccc5n(-c5ccccc5)c4c32)cc1)c1ccccc1. The molecule has 0 saturated heterocycles. The third-order valence-corrected chi connectivity index (χ3v) is 9.17. The maximum Gasteiger partial charge on any atom is 0.145 e. The molecule has 5 heteroatoms. The number of hydrogen-bond acceptors (Lipinski definition) is 3. The summed E-state index contributed by atoms with van der Waals surface area (Å²) in [4.78, 5) is 7.22. The fraction of sp³-hybridized carbons (Fsp3) is 0.0238. The first kappa shape index (κ1) is 27.0. The summed E-state index contributed by atoms with van der Waals surface area (Å²) in [7, 11) is 0.